The zero-order chi connectivity index (χ0) is 12.4. The second-order valence-electron chi connectivity index (χ2n) is 3.04. The van der Waals surface area contributed by atoms with Crippen molar-refractivity contribution in [2.75, 3.05) is 0 Å². The van der Waals surface area contributed by atoms with Crippen LogP contribution in [-0.2, 0) is 0 Å². The van der Waals surface area contributed by atoms with E-state index in [9.17, 15) is 8.78 Å². The largest absolute Gasteiger partial charge is 0.432 e. The van der Waals surface area contributed by atoms with E-state index in [0.29, 0.717) is 0 Å². The van der Waals surface area contributed by atoms with Gasteiger partial charge in [0.2, 0.25) is 0 Å². The van der Waals surface area contributed by atoms with Crippen molar-refractivity contribution < 1.29 is 13.5 Å². The number of benzene rings is 1. The molecule has 90 valence electrons. The first-order valence-corrected chi connectivity index (χ1v) is 5.28. The van der Waals surface area contributed by atoms with E-state index in [0.717, 1.165) is 0 Å². The van der Waals surface area contributed by atoms with Crippen LogP contribution in [0.2, 0.25) is 10.0 Å². The Balaban J connectivity index is 2.56. The number of alkyl halides is 2. The Labute approximate surface area is 106 Å². The highest BCUT2D eigenvalue weighted by Gasteiger charge is 2.17. The van der Waals surface area contributed by atoms with Gasteiger partial charge in [0.15, 0.2) is 5.75 Å². The van der Waals surface area contributed by atoms with Gasteiger partial charge in [-0.05, 0) is 18.2 Å². The third-order valence-corrected chi connectivity index (χ3v) is 2.78. The summed E-state index contributed by atoms with van der Waals surface area (Å²) < 4.78 is 30.2. The van der Waals surface area contributed by atoms with E-state index < -0.39 is 6.61 Å². The van der Waals surface area contributed by atoms with E-state index in [1.54, 1.807) is 12.3 Å². The topological polar surface area (TPSA) is 27.1 Å². The summed E-state index contributed by atoms with van der Waals surface area (Å²) in [6.07, 6.45) is 3.04. The predicted octanol–water partition coefficient (Wildman–Crippen LogP) is 3.78. The highest BCUT2D eigenvalue weighted by Crippen LogP contribution is 2.36. The normalized spacial score (nSPS) is 10.9. The molecule has 0 aliphatic rings. The predicted molar refractivity (Wildman–Crippen MR) is 60.2 cm³/mol. The standard InChI is InChI=1S/C10H6Cl2F2N2O/c11-6-2-3-7(17-10(13)14)9(8(6)12)16-5-1-4-15-16/h1-5,10H. The molecule has 0 N–H and O–H groups in total. The highest BCUT2D eigenvalue weighted by molar-refractivity contribution is 6.43. The van der Waals surface area contributed by atoms with Gasteiger partial charge >= 0.3 is 6.61 Å². The van der Waals surface area contributed by atoms with E-state index in [1.165, 1.54) is 23.0 Å². The van der Waals surface area contributed by atoms with Crippen LogP contribution >= 0.6 is 23.2 Å². The number of halogens is 4. The van der Waals surface area contributed by atoms with Crippen LogP contribution in [-0.4, -0.2) is 16.4 Å². The van der Waals surface area contributed by atoms with Crippen molar-refractivity contribution in [2.45, 2.75) is 6.61 Å². The number of hydrogen-bond donors (Lipinski definition) is 0. The van der Waals surface area contributed by atoms with E-state index in [2.05, 4.69) is 9.84 Å². The first kappa shape index (κ1) is 12.1. The zero-order valence-electron chi connectivity index (χ0n) is 8.28. The van der Waals surface area contributed by atoms with Gasteiger partial charge in [0, 0.05) is 12.4 Å². The smallest absolute Gasteiger partial charge is 0.387 e. The second-order valence-corrected chi connectivity index (χ2v) is 3.82. The van der Waals surface area contributed by atoms with Gasteiger partial charge in [-0.1, -0.05) is 23.2 Å². The Bertz CT molecular complexity index is 517. The number of rotatable bonds is 3. The summed E-state index contributed by atoms with van der Waals surface area (Å²) >= 11 is 11.8. The summed E-state index contributed by atoms with van der Waals surface area (Å²) in [6.45, 7) is -2.94. The molecule has 1 heterocycles. The molecule has 2 aromatic rings. The highest BCUT2D eigenvalue weighted by atomic mass is 35.5. The minimum atomic E-state index is -2.94. The summed E-state index contributed by atoms with van der Waals surface area (Å²) in [4.78, 5) is 0. The molecule has 1 aromatic heterocycles. The molecule has 0 atom stereocenters. The summed E-state index contributed by atoms with van der Waals surface area (Å²) in [5.41, 5.74) is 0.185. The molecule has 0 unspecified atom stereocenters. The summed E-state index contributed by atoms with van der Waals surface area (Å²) in [7, 11) is 0. The lowest BCUT2D eigenvalue weighted by Crippen LogP contribution is -2.07. The Kier molecular flexibility index (Phi) is 3.49. The van der Waals surface area contributed by atoms with Crippen LogP contribution in [0.3, 0.4) is 0 Å². The van der Waals surface area contributed by atoms with Crippen LogP contribution in [0.25, 0.3) is 5.69 Å². The molecule has 7 heteroatoms. The molecule has 0 fully saturated rings. The fraction of sp³-hybridized carbons (Fsp3) is 0.100. The Morgan fingerprint density at radius 1 is 1.29 bits per heavy atom. The molecule has 0 bridgehead atoms. The SMILES string of the molecule is FC(F)Oc1ccc(Cl)c(Cl)c1-n1cccn1. The second kappa shape index (κ2) is 4.89. The van der Waals surface area contributed by atoms with E-state index in [-0.39, 0.29) is 21.5 Å². The van der Waals surface area contributed by atoms with Crippen molar-refractivity contribution in [3.05, 3.63) is 40.6 Å². The fourth-order valence-electron chi connectivity index (χ4n) is 1.33. The van der Waals surface area contributed by atoms with Crippen molar-refractivity contribution >= 4 is 23.2 Å². The zero-order valence-corrected chi connectivity index (χ0v) is 9.79. The molecule has 2 rings (SSSR count). The molecular formula is C10H6Cl2F2N2O. The van der Waals surface area contributed by atoms with Crippen molar-refractivity contribution in [1.82, 2.24) is 9.78 Å². The summed E-state index contributed by atoms with van der Waals surface area (Å²) in [5, 5.41) is 4.25. The average Bonchev–Trinajstić information content (AvgIpc) is 2.76. The molecule has 0 saturated heterocycles. The van der Waals surface area contributed by atoms with Gasteiger partial charge < -0.3 is 4.74 Å². The maximum absolute atomic E-state index is 12.2. The first-order chi connectivity index (χ1) is 8.09. The molecule has 3 nitrogen and oxygen atoms in total. The number of ether oxygens (including phenoxy) is 1. The molecule has 17 heavy (non-hydrogen) atoms. The van der Waals surface area contributed by atoms with Gasteiger partial charge in [-0.15, -0.1) is 0 Å². The molecule has 0 aliphatic heterocycles. The molecule has 0 amide bonds. The minimum absolute atomic E-state index is 0.0851. The van der Waals surface area contributed by atoms with Gasteiger partial charge in [-0.3, -0.25) is 0 Å². The van der Waals surface area contributed by atoms with Gasteiger partial charge in [-0.25, -0.2) is 4.68 Å². The van der Waals surface area contributed by atoms with E-state index in [4.69, 9.17) is 23.2 Å². The third-order valence-electron chi connectivity index (χ3n) is 1.98. The van der Waals surface area contributed by atoms with E-state index >= 15 is 0 Å². The third kappa shape index (κ3) is 2.50. The van der Waals surface area contributed by atoms with Crippen molar-refractivity contribution in [1.29, 1.82) is 0 Å². The molecule has 0 aliphatic carbocycles. The number of hydrogen-bond acceptors (Lipinski definition) is 2. The molecule has 0 radical (unpaired) electrons. The quantitative estimate of drug-likeness (QED) is 0.854. The number of aromatic nitrogens is 2. The maximum atomic E-state index is 12.2. The van der Waals surface area contributed by atoms with Crippen LogP contribution in [0.1, 0.15) is 0 Å². The fourth-order valence-corrected chi connectivity index (χ4v) is 1.72. The maximum Gasteiger partial charge on any atom is 0.387 e. The Morgan fingerprint density at radius 2 is 2.06 bits per heavy atom. The van der Waals surface area contributed by atoms with Crippen LogP contribution < -0.4 is 4.74 Å². The minimum Gasteiger partial charge on any atom is -0.432 e. The Morgan fingerprint density at radius 3 is 2.65 bits per heavy atom. The molecule has 0 saturated carbocycles. The van der Waals surface area contributed by atoms with Gasteiger partial charge in [0.1, 0.15) is 5.69 Å². The van der Waals surface area contributed by atoms with Gasteiger partial charge in [0.25, 0.3) is 0 Å². The lowest BCUT2D eigenvalue weighted by molar-refractivity contribution is -0.0498. The molecule has 0 spiro atoms. The van der Waals surface area contributed by atoms with Crippen molar-refractivity contribution in [3.63, 3.8) is 0 Å². The molecular weight excluding hydrogens is 273 g/mol. The number of nitrogens with zero attached hydrogens (tertiary/aromatic N) is 2. The van der Waals surface area contributed by atoms with Crippen molar-refractivity contribution in [3.8, 4) is 11.4 Å². The van der Waals surface area contributed by atoms with Crippen molar-refractivity contribution in [2.24, 2.45) is 0 Å². The summed E-state index contributed by atoms with van der Waals surface area (Å²) in [6, 6.07) is 4.33. The lowest BCUT2D eigenvalue weighted by Gasteiger charge is -2.13. The van der Waals surface area contributed by atoms with Crippen LogP contribution in [0.4, 0.5) is 8.78 Å². The molecule has 1 aromatic carbocycles. The Hall–Kier alpha value is -1.33. The van der Waals surface area contributed by atoms with E-state index in [1.807, 2.05) is 0 Å². The average molecular weight is 279 g/mol. The summed E-state index contributed by atoms with van der Waals surface area (Å²) in [5.74, 6) is -0.0851. The van der Waals surface area contributed by atoms with Crippen LogP contribution in [0.5, 0.6) is 5.75 Å². The van der Waals surface area contributed by atoms with Crippen LogP contribution in [0, 0.1) is 0 Å². The van der Waals surface area contributed by atoms with Gasteiger partial charge in [0.05, 0.1) is 10.0 Å². The van der Waals surface area contributed by atoms with Crippen LogP contribution in [0.15, 0.2) is 30.6 Å². The monoisotopic (exact) mass is 278 g/mol. The first-order valence-electron chi connectivity index (χ1n) is 4.52. The lowest BCUT2D eigenvalue weighted by atomic mass is 10.3. The van der Waals surface area contributed by atoms with Gasteiger partial charge in [-0.2, -0.15) is 13.9 Å².